The third kappa shape index (κ3) is 5.77. The van der Waals surface area contributed by atoms with Gasteiger partial charge >= 0.3 is 0 Å². The van der Waals surface area contributed by atoms with Gasteiger partial charge in [-0.25, -0.2) is 4.99 Å². The van der Waals surface area contributed by atoms with Crippen molar-refractivity contribution >= 4 is 41.6 Å². The van der Waals surface area contributed by atoms with Gasteiger partial charge in [0.1, 0.15) is 12.3 Å². The van der Waals surface area contributed by atoms with Crippen LogP contribution in [0.3, 0.4) is 0 Å². The highest BCUT2D eigenvalue weighted by molar-refractivity contribution is 6.99. The first kappa shape index (κ1) is 29.3. The third-order valence-corrected chi connectivity index (χ3v) is 13.3. The molecule has 1 aromatic heterocycles. The molecule has 216 valence electrons. The molecule has 2 heterocycles. The Hall–Kier alpha value is -3.23. The maximum Gasteiger partial charge on any atom is 0.261 e. The van der Waals surface area contributed by atoms with Gasteiger partial charge in [-0.05, 0) is 47.5 Å². The van der Waals surface area contributed by atoms with E-state index in [1.54, 1.807) is 0 Å². The Bertz CT molecular complexity index is 1410. The molecule has 0 saturated carbocycles. The lowest BCUT2D eigenvalue weighted by atomic mass is 10.2. The van der Waals surface area contributed by atoms with Crippen molar-refractivity contribution in [3.8, 4) is 0 Å². The maximum absolute atomic E-state index is 11.2. The van der Waals surface area contributed by atoms with Crippen LogP contribution in [0.4, 0.5) is 5.69 Å². The van der Waals surface area contributed by atoms with Gasteiger partial charge in [0.05, 0.1) is 30.3 Å². The third-order valence-electron chi connectivity index (χ3n) is 8.31. The Morgan fingerprint density at radius 2 is 1.59 bits per heavy atom. The van der Waals surface area contributed by atoms with Gasteiger partial charge in [-0.15, -0.1) is 0 Å². The maximum atomic E-state index is 11.2. The summed E-state index contributed by atoms with van der Waals surface area (Å²) in [6.45, 7) is 13.2. The number of fused-ring (bicyclic) bond motifs is 1. The van der Waals surface area contributed by atoms with Gasteiger partial charge in [-0.3, -0.25) is 0 Å². The largest absolute Gasteiger partial charge is 0.405 e. The van der Waals surface area contributed by atoms with E-state index in [2.05, 4.69) is 105 Å². The molecule has 0 aliphatic carbocycles. The standard InChI is InChI=1S/C34H43N3O3Si/c1-6-36(7-2)25-35-29-19-14-20-30-28(29)21-22-37(30)33-23-31(38)32(40-33)24-39-41(34(3,4)5,26-15-10-8-11-16-26)27-17-12-9-13-18-27/h8-22,25,31-33,38H,6-7,23-24H2,1-5H3/t31-,32+,33-/m0/s1. The molecule has 0 bridgehead atoms. The van der Waals surface area contributed by atoms with Gasteiger partial charge in [0.15, 0.2) is 0 Å². The molecule has 6 nitrogen and oxygen atoms in total. The summed E-state index contributed by atoms with van der Waals surface area (Å²) in [7, 11) is -2.73. The minimum Gasteiger partial charge on any atom is -0.405 e. The first-order chi connectivity index (χ1) is 19.8. The molecule has 3 atom stereocenters. The number of aliphatic hydroxyl groups is 1. The van der Waals surface area contributed by atoms with Crippen LogP contribution in [0.15, 0.2) is 96.1 Å². The van der Waals surface area contributed by atoms with Crippen molar-refractivity contribution in [2.24, 2.45) is 4.99 Å². The number of nitrogens with zero attached hydrogens (tertiary/aromatic N) is 3. The summed E-state index contributed by atoms with van der Waals surface area (Å²) in [5.74, 6) is 0. The molecule has 41 heavy (non-hydrogen) atoms. The van der Waals surface area contributed by atoms with E-state index in [1.165, 1.54) is 10.4 Å². The van der Waals surface area contributed by atoms with E-state index in [4.69, 9.17) is 14.2 Å². The number of benzene rings is 3. The summed E-state index contributed by atoms with van der Waals surface area (Å²) in [6.07, 6.45) is 3.13. The molecule has 7 heteroatoms. The fourth-order valence-electron chi connectivity index (χ4n) is 6.07. The normalized spacial score (nSPS) is 19.8. The Morgan fingerprint density at radius 1 is 0.951 bits per heavy atom. The zero-order valence-electron chi connectivity index (χ0n) is 24.9. The predicted molar refractivity (Wildman–Crippen MR) is 171 cm³/mol. The minimum absolute atomic E-state index is 0.142. The molecule has 0 amide bonds. The smallest absolute Gasteiger partial charge is 0.261 e. The van der Waals surface area contributed by atoms with Gasteiger partial charge in [-0.2, -0.15) is 0 Å². The predicted octanol–water partition coefficient (Wildman–Crippen LogP) is 5.87. The Morgan fingerprint density at radius 3 is 2.17 bits per heavy atom. The Labute approximate surface area is 245 Å². The quantitative estimate of drug-likeness (QED) is 0.148. The second-order valence-electron chi connectivity index (χ2n) is 11.8. The lowest BCUT2D eigenvalue weighted by Gasteiger charge is -2.43. The van der Waals surface area contributed by atoms with Crippen molar-refractivity contribution in [1.82, 2.24) is 9.47 Å². The zero-order chi connectivity index (χ0) is 29.0. The molecular weight excluding hydrogens is 526 g/mol. The minimum atomic E-state index is -2.73. The van der Waals surface area contributed by atoms with E-state index in [0.717, 1.165) is 29.7 Å². The first-order valence-electron chi connectivity index (χ1n) is 14.7. The van der Waals surface area contributed by atoms with Crippen LogP contribution in [0.2, 0.25) is 5.04 Å². The number of rotatable bonds is 10. The van der Waals surface area contributed by atoms with Crippen molar-refractivity contribution in [2.75, 3.05) is 19.7 Å². The molecule has 0 unspecified atom stereocenters. The van der Waals surface area contributed by atoms with Gasteiger partial charge < -0.3 is 23.7 Å². The highest BCUT2D eigenvalue weighted by Gasteiger charge is 2.51. The van der Waals surface area contributed by atoms with E-state index in [1.807, 2.05) is 36.8 Å². The lowest BCUT2D eigenvalue weighted by Crippen LogP contribution is -2.67. The molecule has 1 fully saturated rings. The van der Waals surface area contributed by atoms with Crippen LogP contribution >= 0.6 is 0 Å². The number of aromatic nitrogens is 1. The van der Waals surface area contributed by atoms with Gasteiger partial charge in [0, 0.05) is 31.1 Å². The van der Waals surface area contributed by atoms with Gasteiger partial charge in [-0.1, -0.05) is 87.5 Å². The summed E-state index contributed by atoms with van der Waals surface area (Å²) in [4.78, 5) is 6.93. The molecule has 0 spiro atoms. The highest BCUT2D eigenvalue weighted by atomic mass is 28.4. The van der Waals surface area contributed by atoms with E-state index in [0.29, 0.717) is 13.0 Å². The first-order valence-corrected chi connectivity index (χ1v) is 16.7. The molecule has 1 aliphatic rings. The molecule has 1 N–H and O–H groups in total. The monoisotopic (exact) mass is 569 g/mol. The summed E-state index contributed by atoms with van der Waals surface area (Å²) in [5.41, 5.74) is 1.98. The summed E-state index contributed by atoms with van der Waals surface area (Å²) >= 11 is 0. The van der Waals surface area contributed by atoms with Crippen molar-refractivity contribution in [3.63, 3.8) is 0 Å². The number of hydrogen-bond donors (Lipinski definition) is 1. The van der Waals surface area contributed by atoms with Gasteiger partial charge in [0.2, 0.25) is 0 Å². The molecule has 1 aliphatic heterocycles. The van der Waals surface area contributed by atoms with Crippen molar-refractivity contribution in [3.05, 3.63) is 91.1 Å². The van der Waals surface area contributed by atoms with E-state index in [-0.39, 0.29) is 11.3 Å². The molecule has 3 aromatic carbocycles. The average molecular weight is 570 g/mol. The van der Waals surface area contributed by atoms with E-state index < -0.39 is 20.5 Å². The summed E-state index contributed by atoms with van der Waals surface area (Å²) in [5, 5.41) is 14.6. The summed E-state index contributed by atoms with van der Waals surface area (Å²) < 4.78 is 15.8. The molecule has 1 saturated heterocycles. The lowest BCUT2D eigenvalue weighted by molar-refractivity contribution is -0.0395. The van der Waals surface area contributed by atoms with Crippen LogP contribution in [0.1, 0.15) is 47.3 Å². The zero-order valence-corrected chi connectivity index (χ0v) is 25.9. The number of hydrogen-bond acceptors (Lipinski definition) is 4. The Balaban J connectivity index is 1.40. The van der Waals surface area contributed by atoms with Crippen LogP contribution in [-0.4, -0.2) is 61.1 Å². The van der Waals surface area contributed by atoms with Gasteiger partial charge in [0.25, 0.3) is 8.32 Å². The second kappa shape index (κ2) is 12.3. The van der Waals surface area contributed by atoms with Crippen molar-refractivity contribution < 1.29 is 14.3 Å². The fraction of sp³-hybridized carbons (Fsp3) is 0.382. The van der Waals surface area contributed by atoms with E-state index >= 15 is 0 Å². The van der Waals surface area contributed by atoms with Crippen LogP contribution < -0.4 is 10.4 Å². The number of aliphatic hydroxyl groups excluding tert-OH is 1. The number of ether oxygens (including phenoxy) is 1. The SMILES string of the molecule is CCN(C=Nc1cccc2c1ccn2[C@@H]1C[C@H](O)[C@@H](CO[Si](c2ccccc2)(c2ccccc2)C(C)(C)C)O1)CC. The second-order valence-corrected chi connectivity index (χ2v) is 16.1. The highest BCUT2D eigenvalue weighted by Crippen LogP contribution is 2.39. The number of aliphatic imine (C=N–C) groups is 1. The average Bonchev–Trinajstić information content (AvgIpc) is 3.58. The summed E-state index contributed by atoms with van der Waals surface area (Å²) in [6, 6.07) is 29.4. The van der Waals surface area contributed by atoms with Crippen LogP contribution in [0, 0.1) is 0 Å². The molecular formula is C34H43N3O3Si. The molecule has 5 rings (SSSR count). The molecule has 4 aromatic rings. The Kier molecular flexibility index (Phi) is 8.80. The van der Waals surface area contributed by atoms with Crippen LogP contribution in [0.25, 0.3) is 10.9 Å². The van der Waals surface area contributed by atoms with Crippen molar-refractivity contribution in [1.29, 1.82) is 0 Å². The van der Waals surface area contributed by atoms with Crippen LogP contribution in [0.5, 0.6) is 0 Å². The molecule has 0 radical (unpaired) electrons. The van der Waals surface area contributed by atoms with Crippen molar-refractivity contribution in [2.45, 2.75) is 64.5 Å². The fourth-order valence-corrected chi connectivity index (χ4v) is 10.6. The van der Waals surface area contributed by atoms with E-state index in [9.17, 15) is 5.11 Å². The topological polar surface area (TPSA) is 59.2 Å². The van der Waals surface area contributed by atoms with Crippen LogP contribution in [-0.2, 0) is 9.16 Å².